The summed E-state index contributed by atoms with van der Waals surface area (Å²) in [6, 6.07) is 7.31. The van der Waals surface area contributed by atoms with E-state index in [0.29, 0.717) is 13.0 Å². The highest BCUT2D eigenvalue weighted by Crippen LogP contribution is 2.13. The summed E-state index contributed by atoms with van der Waals surface area (Å²) in [6.07, 6.45) is 1.79. The van der Waals surface area contributed by atoms with Crippen LogP contribution in [0, 0.1) is 0 Å². The van der Waals surface area contributed by atoms with Gasteiger partial charge >= 0.3 is 0 Å². The molecule has 0 aliphatic rings. The number of carbonyl (C=O) groups excluding carboxylic acids is 1. The Morgan fingerprint density at radius 1 is 1.30 bits per heavy atom. The summed E-state index contributed by atoms with van der Waals surface area (Å²) in [5.74, 6) is 0.747. The third-order valence-corrected chi connectivity index (χ3v) is 2.70. The number of nitrogens with two attached hydrogens (primary N) is 1. The predicted octanol–water partition coefficient (Wildman–Crippen LogP) is 2.64. The summed E-state index contributed by atoms with van der Waals surface area (Å²) >= 11 is 0. The zero-order valence-electron chi connectivity index (χ0n) is 12.4. The number of benzene rings is 1. The minimum atomic E-state index is -0.409. The first kappa shape index (κ1) is 18.7. The maximum atomic E-state index is 11.7. The molecule has 0 heterocycles. The van der Waals surface area contributed by atoms with Crippen LogP contribution in [-0.4, -0.2) is 18.1 Å². The van der Waals surface area contributed by atoms with Gasteiger partial charge in [0.25, 0.3) is 0 Å². The van der Waals surface area contributed by atoms with Crippen LogP contribution in [-0.2, 0) is 11.3 Å². The highest BCUT2D eigenvalue weighted by molar-refractivity contribution is 5.85. The topological polar surface area (TPSA) is 64.4 Å². The molecule has 1 atom stereocenters. The molecule has 1 aromatic carbocycles. The van der Waals surface area contributed by atoms with Crippen LogP contribution in [0.2, 0.25) is 0 Å². The van der Waals surface area contributed by atoms with E-state index in [0.717, 1.165) is 17.7 Å². The Labute approximate surface area is 127 Å². The van der Waals surface area contributed by atoms with Gasteiger partial charge in [-0.2, -0.15) is 0 Å². The predicted molar refractivity (Wildman–Crippen MR) is 84.2 cm³/mol. The van der Waals surface area contributed by atoms with Crippen LogP contribution in [0.5, 0.6) is 5.75 Å². The van der Waals surface area contributed by atoms with E-state index in [1.807, 2.05) is 45.0 Å². The van der Waals surface area contributed by atoms with Crippen molar-refractivity contribution in [3.63, 3.8) is 0 Å². The summed E-state index contributed by atoms with van der Waals surface area (Å²) < 4.78 is 5.56. The fourth-order valence-electron chi connectivity index (χ4n) is 1.72. The fourth-order valence-corrected chi connectivity index (χ4v) is 1.72. The van der Waals surface area contributed by atoms with E-state index >= 15 is 0 Å². The van der Waals surface area contributed by atoms with Gasteiger partial charge in [0, 0.05) is 6.54 Å². The smallest absolute Gasteiger partial charge is 0.237 e. The van der Waals surface area contributed by atoms with E-state index in [-0.39, 0.29) is 24.4 Å². The lowest BCUT2D eigenvalue weighted by Gasteiger charge is -2.12. The second kappa shape index (κ2) is 9.61. The molecular formula is C15H25ClN2O2. The molecule has 0 aliphatic heterocycles. The Bertz CT molecular complexity index is 393. The Hall–Kier alpha value is -1.26. The van der Waals surface area contributed by atoms with Gasteiger partial charge in [-0.15, -0.1) is 12.4 Å². The quantitative estimate of drug-likeness (QED) is 0.813. The monoisotopic (exact) mass is 300 g/mol. The maximum Gasteiger partial charge on any atom is 0.237 e. The lowest BCUT2D eigenvalue weighted by atomic mass is 10.1. The number of amides is 1. The van der Waals surface area contributed by atoms with Crippen LogP contribution in [0.4, 0.5) is 0 Å². The van der Waals surface area contributed by atoms with Crippen molar-refractivity contribution in [3.05, 3.63) is 29.8 Å². The van der Waals surface area contributed by atoms with E-state index in [1.54, 1.807) is 0 Å². The van der Waals surface area contributed by atoms with Gasteiger partial charge in [-0.1, -0.05) is 25.5 Å². The second-order valence-electron chi connectivity index (χ2n) is 4.92. The number of ether oxygens (including phenoxy) is 1. The molecule has 0 radical (unpaired) electrons. The van der Waals surface area contributed by atoms with Crippen LogP contribution in [0.25, 0.3) is 0 Å². The van der Waals surface area contributed by atoms with E-state index in [1.165, 1.54) is 0 Å². The summed E-state index contributed by atoms with van der Waals surface area (Å²) in [5.41, 5.74) is 6.77. The van der Waals surface area contributed by atoms with E-state index < -0.39 is 6.04 Å². The van der Waals surface area contributed by atoms with Crippen molar-refractivity contribution < 1.29 is 9.53 Å². The standard InChI is InChI=1S/C15H24N2O2.ClH/c1-4-5-14(16)15(18)17-10-12-6-8-13(9-7-12)19-11(2)3;/h6-9,11,14H,4-5,10,16H2,1-3H3,(H,17,18);1H. The van der Waals surface area contributed by atoms with Crippen LogP contribution in [0.1, 0.15) is 39.2 Å². The molecule has 114 valence electrons. The molecule has 0 fully saturated rings. The van der Waals surface area contributed by atoms with E-state index in [4.69, 9.17) is 10.5 Å². The molecule has 3 N–H and O–H groups in total. The molecule has 4 nitrogen and oxygen atoms in total. The van der Waals surface area contributed by atoms with Crippen LogP contribution in [0.15, 0.2) is 24.3 Å². The van der Waals surface area contributed by atoms with Crippen molar-refractivity contribution in [2.24, 2.45) is 5.73 Å². The van der Waals surface area contributed by atoms with Gasteiger partial charge in [0.05, 0.1) is 12.1 Å². The molecule has 1 aromatic rings. The Morgan fingerprint density at radius 3 is 2.40 bits per heavy atom. The minimum absolute atomic E-state index is 0. The minimum Gasteiger partial charge on any atom is -0.491 e. The molecule has 0 saturated carbocycles. The van der Waals surface area contributed by atoms with Crippen molar-refractivity contribution in [2.75, 3.05) is 0 Å². The lowest BCUT2D eigenvalue weighted by Crippen LogP contribution is -2.40. The van der Waals surface area contributed by atoms with E-state index in [9.17, 15) is 4.79 Å². The van der Waals surface area contributed by atoms with Gasteiger partial charge in [0.15, 0.2) is 0 Å². The third-order valence-electron chi connectivity index (χ3n) is 2.70. The van der Waals surface area contributed by atoms with E-state index in [2.05, 4.69) is 5.32 Å². The van der Waals surface area contributed by atoms with Gasteiger partial charge in [0.2, 0.25) is 5.91 Å². The van der Waals surface area contributed by atoms with Gasteiger partial charge in [-0.25, -0.2) is 0 Å². The van der Waals surface area contributed by atoms with Gasteiger partial charge in [-0.05, 0) is 38.0 Å². The SMILES string of the molecule is CCCC(N)C(=O)NCc1ccc(OC(C)C)cc1.Cl. The molecule has 20 heavy (non-hydrogen) atoms. The number of nitrogens with one attached hydrogen (secondary N) is 1. The first-order valence-electron chi connectivity index (χ1n) is 6.81. The van der Waals surface area contributed by atoms with Crippen molar-refractivity contribution in [1.29, 1.82) is 0 Å². The Balaban J connectivity index is 0.00000361. The lowest BCUT2D eigenvalue weighted by molar-refractivity contribution is -0.122. The zero-order chi connectivity index (χ0) is 14.3. The van der Waals surface area contributed by atoms with Gasteiger partial charge < -0.3 is 15.8 Å². The number of hydrogen-bond donors (Lipinski definition) is 2. The van der Waals surface area contributed by atoms with Crippen molar-refractivity contribution >= 4 is 18.3 Å². The molecule has 0 saturated heterocycles. The van der Waals surface area contributed by atoms with Crippen molar-refractivity contribution in [1.82, 2.24) is 5.32 Å². The molecule has 0 aliphatic carbocycles. The number of carbonyl (C=O) groups is 1. The van der Waals surface area contributed by atoms with Crippen LogP contribution in [0.3, 0.4) is 0 Å². The molecule has 0 spiro atoms. The fraction of sp³-hybridized carbons (Fsp3) is 0.533. The largest absolute Gasteiger partial charge is 0.491 e. The zero-order valence-corrected chi connectivity index (χ0v) is 13.2. The Kier molecular flexibility index (Phi) is 9.01. The summed E-state index contributed by atoms with van der Waals surface area (Å²) in [7, 11) is 0. The first-order valence-corrected chi connectivity index (χ1v) is 6.81. The Morgan fingerprint density at radius 2 is 1.90 bits per heavy atom. The van der Waals surface area contributed by atoms with Crippen LogP contribution >= 0.6 is 12.4 Å². The number of halogens is 1. The normalized spacial score (nSPS) is 11.7. The molecule has 0 bridgehead atoms. The number of rotatable bonds is 7. The molecule has 0 aromatic heterocycles. The first-order chi connectivity index (χ1) is 9.02. The average molecular weight is 301 g/mol. The summed E-state index contributed by atoms with van der Waals surface area (Å²) in [4.78, 5) is 11.7. The number of hydrogen-bond acceptors (Lipinski definition) is 3. The molecule has 1 amide bonds. The van der Waals surface area contributed by atoms with Crippen molar-refractivity contribution in [3.8, 4) is 5.75 Å². The molecular weight excluding hydrogens is 276 g/mol. The summed E-state index contributed by atoms with van der Waals surface area (Å²) in [6.45, 7) is 6.49. The van der Waals surface area contributed by atoms with Gasteiger partial charge in [-0.3, -0.25) is 4.79 Å². The van der Waals surface area contributed by atoms with Crippen molar-refractivity contribution in [2.45, 2.75) is 52.3 Å². The molecule has 5 heteroatoms. The molecule has 1 unspecified atom stereocenters. The summed E-state index contributed by atoms with van der Waals surface area (Å²) in [5, 5.41) is 2.84. The molecule has 1 rings (SSSR count). The second-order valence-corrected chi connectivity index (χ2v) is 4.92. The average Bonchev–Trinajstić information content (AvgIpc) is 2.37. The van der Waals surface area contributed by atoms with Gasteiger partial charge in [0.1, 0.15) is 5.75 Å². The van der Waals surface area contributed by atoms with Crippen LogP contribution < -0.4 is 15.8 Å². The highest BCUT2D eigenvalue weighted by atomic mass is 35.5. The maximum absolute atomic E-state index is 11.7. The highest BCUT2D eigenvalue weighted by Gasteiger charge is 2.11. The third kappa shape index (κ3) is 6.78.